The molecule has 62 valence electrons. The molecule has 0 saturated carbocycles. The van der Waals surface area contributed by atoms with Gasteiger partial charge in [-0.25, -0.2) is 0 Å². The summed E-state index contributed by atoms with van der Waals surface area (Å²) in [6.45, 7) is 0. The molecule has 0 radical (unpaired) electrons. The summed E-state index contributed by atoms with van der Waals surface area (Å²) in [5.41, 5.74) is 1.11. The maximum absolute atomic E-state index is 10.8. The maximum Gasteiger partial charge on any atom is 1.00 e. The molecular formula is C10H8O2Rb-. The zero-order chi connectivity index (χ0) is 7.68. The minimum atomic E-state index is -0.0584. The van der Waals surface area contributed by atoms with Crippen molar-refractivity contribution in [3.63, 3.8) is 0 Å². The van der Waals surface area contributed by atoms with Crippen LogP contribution in [0.25, 0.3) is 0 Å². The van der Waals surface area contributed by atoms with Gasteiger partial charge in [-0.1, -0.05) is 12.2 Å². The molecule has 13 heavy (non-hydrogen) atoms. The van der Waals surface area contributed by atoms with Crippen LogP contribution in [-0.4, -0.2) is 5.48 Å². The van der Waals surface area contributed by atoms with Crippen LogP contribution in [0.1, 0.15) is 11.5 Å². The van der Waals surface area contributed by atoms with Crippen molar-refractivity contribution in [2.75, 3.05) is 0 Å². The molecule has 0 amide bonds. The van der Waals surface area contributed by atoms with E-state index in [1.807, 2.05) is 12.1 Å². The first-order valence-electron chi connectivity index (χ1n) is 3.56. The van der Waals surface area contributed by atoms with Crippen LogP contribution in [0.3, 0.4) is 0 Å². The van der Waals surface area contributed by atoms with Gasteiger partial charge in [0.15, 0.2) is 0 Å². The van der Waals surface area contributed by atoms with Gasteiger partial charge in [-0.2, -0.15) is 12.1 Å². The molecule has 0 fully saturated rings. The number of allylic oxidation sites excluding steroid dienone is 2. The van der Waals surface area contributed by atoms with Crippen molar-refractivity contribution < 1.29 is 63.7 Å². The van der Waals surface area contributed by atoms with Crippen LogP contribution in [0.4, 0.5) is 0 Å². The molecule has 1 aliphatic rings. The van der Waals surface area contributed by atoms with E-state index >= 15 is 0 Å². The zero-order valence-electron chi connectivity index (χ0n) is 7.40. The van der Waals surface area contributed by atoms with Crippen LogP contribution in [0.5, 0.6) is 0 Å². The summed E-state index contributed by atoms with van der Waals surface area (Å²) >= 11 is 0. The van der Waals surface area contributed by atoms with Crippen molar-refractivity contribution in [2.24, 2.45) is 0 Å². The molecule has 1 aromatic carbocycles. The van der Waals surface area contributed by atoms with Crippen LogP contribution in [0.2, 0.25) is 0 Å². The van der Waals surface area contributed by atoms with Gasteiger partial charge < -0.3 is 10.3 Å². The molecule has 0 unspecified atom stereocenters. The summed E-state index contributed by atoms with van der Waals surface area (Å²) in [5.74, 6) is 0.468. The van der Waals surface area contributed by atoms with Gasteiger partial charge in [0.1, 0.15) is 0 Å². The summed E-state index contributed by atoms with van der Waals surface area (Å²) in [5, 5.41) is 0. The van der Waals surface area contributed by atoms with Gasteiger partial charge in [0, 0.05) is 5.92 Å². The molecule has 1 aliphatic carbocycles. The normalized spacial score (nSPS) is 12.6. The fraction of sp³-hybridized carbons (Fsp3) is 0.100. The Labute approximate surface area is 126 Å². The molecule has 0 spiro atoms. The Morgan fingerprint density at radius 3 is 2.46 bits per heavy atom. The van der Waals surface area contributed by atoms with Gasteiger partial charge in [0.25, 0.3) is 0 Å². The molecule has 0 aliphatic heterocycles. The Kier molecular flexibility index (Phi) is 6.17. The topological polar surface area (TPSA) is 47.1 Å². The van der Waals surface area contributed by atoms with Gasteiger partial charge in [-0.15, -0.1) is 23.8 Å². The van der Waals surface area contributed by atoms with Crippen molar-refractivity contribution in [2.45, 2.75) is 5.92 Å². The third-order valence-electron chi connectivity index (χ3n) is 1.70. The second kappa shape index (κ2) is 5.99. The molecule has 1 aromatic rings. The van der Waals surface area contributed by atoms with Gasteiger partial charge in [0.05, 0.1) is 5.43 Å². The average molecular weight is 246 g/mol. The minimum absolute atomic E-state index is 0. The summed E-state index contributed by atoms with van der Waals surface area (Å²) in [6, 6.07) is 9.60. The Morgan fingerprint density at radius 1 is 1.15 bits per heavy atom. The van der Waals surface area contributed by atoms with E-state index in [4.69, 9.17) is 0 Å². The Balaban J connectivity index is 0.000000720. The van der Waals surface area contributed by atoms with Gasteiger partial charge in [-0.3, -0.25) is 0 Å². The fourth-order valence-corrected chi connectivity index (χ4v) is 0.996. The Bertz CT molecular complexity index is 354. The van der Waals surface area contributed by atoms with Crippen molar-refractivity contribution in [3.05, 3.63) is 58.3 Å². The largest absolute Gasteiger partial charge is 1.00 e. The van der Waals surface area contributed by atoms with E-state index in [1.54, 1.807) is 12.1 Å². The molecule has 0 heterocycles. The van der Waals surface area contributed by atoms with E-state index < -0.39 is 0 Å². The minimum Gasteiger partial charge on any atom is -0.870 e. The van der Waals surface area contributed by atoms with Crippen LogP contribution in [-0.2, 0) is 0 Å². The third kappa shape index (κ3) is 3.96. The first-order chi connectivity index (χ1) is 5.36. The van der Waals surface area contributed by atoms with Crippen molar-refractivity contribution in [1.82, 2.24) is 0 Å². The molecule has 3 heteroatoms. The second-order valence-corrected chi connectivity index (χ2v) is 2.59. The van der Waals surface area contributed by atoms with E-state index in [2.05, 4.69) is 18.2 Å². The van der Waals surface area contributed by atoms with Crippen molar-refractivity contribution in [3.8, 4) is 0 Å². The molecule has 1 N–H and O–H groups in total. The van der Waals surface area contributed by atoms with Crippen LogP contribution in [0, 0.1) is 6.07 Å². The molecule has 2 nitrogen and oxygen atoms in total. The zero-order valence-corrected chi connectivity index (χ0v) is 12.3. The van der Waals surface area contributed by atoms with E-state index in [1.165, 1.54) is 5.56 Å². The average Bonchev–Trinajstić information content (AvgIpc) is 2.73. The summed E-state index contributed by atoms with van der Waals surface area (Å²) in [6.07, 6.45) is 4.19. The molecule has 0 atom stereocenters. The summed E-state index contributed by atoms with van der Waals surface area (Å²) < 4.78 is 0. The van der Waals surface area contributed by atoms with Crippen LogP contribution < -0.4 is 63.6 Å². The predicted molar refractivity (Wildman–Crippen MR) is 45.4 cm³/mol. The molecular weight excluding hydrogens is 238 g/mol. The monoisotopic (exact) mass is 245 g/mol. The first kappa shape index (κ1) is 13.4. The fourth-order valence-electron chi connectivity index (χ4n) is 0.996. The van der Waals surface area contributed by atoms with E-state index in [0.717, 1.165) is 0 Å². The van der Waals surface area contributed by atoms with E-state index in [-0.39, 0.29) is 69.1 Å². The maximum atomic E-state index is 10.8. The third-order valence-corrected chi connectivity index (χ3v) is 1.70. The quantitative estimate of drug-likeness (QED) is 0.439. The van der Waals surface area contributed by atoms with Crippen molar-refractivity contribution in [1.29, 1.82) is 0 Å². The summed E-state index contributed by atoms with van der Waals surface area (Å²) in [7, 11) is 0. The SMILES string of the molecule is O=c1[c-]ccc(C2C=C2)cc1.[OH-].[Rb+]. The molecule has 0 saturated heterocycles. The Morgan fingerprint density at radius 2 is 1.85 bits per heavy atom. The predicted octanol–water partition coefficient (Wildman–Crippen LogP) is -1.67. The number of rotatable bonds is 1. The van der Waals surface area contributed by atoms with Gasteiger partial charge in [0.2, 0.25) is 0 Å². The number of hydrogen-bond acceptors (Lipinski definition) is 2. The molecule has 2 rings (SSSR count). The molecule has 0 aromatic heterocycles. The van der Waals surface area contributed by atoms with Crippen LogP contribution in [0.15, 0.2) is 41.2 Å². The standard InChI is InChI=1S/C10H7O.H2O.Rb/c11-10-3-1-2-8(6-7-10)9-4-5-9;;/h1-2,4-7,9H;1H2;/q-1;;+1/p-1. The van der Waals surface area contributed by atoms with Crippen molar-refractivity contribution >= 4 is 0 Å². The van der Waals surface area contributed by atoms with Crippen LogP contribution >= 0.6 is 0 Å². The summed E-state index contributed by atoms with van der Waals surface area (Å²) in [4.78, 5) is 10.8. The smallest absolute Gasteiger partial charge is 0.870 e. The van der Waals surface area contributed by atoms with Gasteiger partial charge in [-0.05, 0) is 0 Å². The van der Waals surface area contributed by atoms with E-state index in [9.17, 15) is 4.79 Å². The second-order valence-electron chi connectivity index (χ2n) is 2.59. The number of hydrogen-bond donors (Lipinski definition) is 0. The van der Waals surface area contributed by atoms with Gasteiger partial charge >= 0.3 is 58.2 Å². The Hall–Kier alpha value is 0.395. The molecule has 0 bridgehead atoms. The first-order valence-corrected chi connectivity index (χ1v) is 3.56. The van der Waals surface area contributed by atoms with E-state index in [0.29, 0.717) is 5.92 Å².